The summed E-state index contributed by atoms with van der Waals surface area (Å²) >= 11 is 6.20. The highest BCUT2D eigenvalue weighted by Gasteiger charge is 2.46. The molecule has 9 rings (SSSR count). The van der Waals surface area contributed by atoms with Crippen molar-refractivity contribution in [2.24, 2.45) is 5.92 Å². The number of ether oxygens (including phenoxy) is 2. The van der Waals surface area contributed by atoms with Gasteiger partial charge in [0.25, 0.3) is 11.8 Å². The Hall–Kier alpha value is -5.65. The summed E-state index contributed by atoms with van der Waals surface area (Å²) in [7, 11) is 0. The van der Waals surface area contributed by atoms with Crippen LogP contribution >= 0.6 is 11.6 Å². The lowest BCUT2D eigenvalue weighted by Crippen LogP contribution is -2.54. The van der Waals surface area contributed by atoms with E-state index in [0.717, 1.165) is 87.8 Å². The van der Waals surface area contributed by atoms with Crippen LogP contribution < -0.4 is 24.6 Å². The van der Waals surface area contributed by atoms with E-state index in [-0.39, 0.29) is 37.1 Å². The van der Waals surface area contributed by atoms with Crippen molar-refractivity contribution in [3.8, 4) is 17.6 Å². The van der Waals surface area contributed by atoms with Gasteiger partial charge in [0.2, 0.25) is 11.8 Å². The quantitative estimate of drug-likeness (QED) is 0.298. The van der Waals surface area contributed by atoms with Crippen LogP contribution in [0.5, 0.6) is 11.5 Å². The van der Waals surface area contributed by atoms with Crippen LogP contribution in [0, 0.1) is 17.2 Å². The maximum absolute atomic E-state index is 13.4. The summed E-state index contributed by atoms with van der Waals surface area (Å²) in [5.41, 5.74) is 3.02. The molecule has 0 aliphatic carbocycles. The number of hydrogen-bond donors (Lipinski definition) is 1. The predicted molar refractivity (Wildman–Crippen MR) is 218 cm³/mol. The first kappa shape index (κ1) is 38.8. The third-order valence-electron chi connectivity index (χ3n) is 13.0. The second kappa shape index (κ2) is 16.2. The molecule has 6 aliphatic heterocycles. The van der Waals surface area contributed by atoms with E-state index in [1.807, 2.05) is 35.2 Å². The number of piperazine rings is 1. The van der Waals surface area contributed by atoms with Crippen LogP contribution in [0.4, 0.5) is 16.2 Å². The number of nitrogens with zero attached hydrogens (tertiary/aromatic N) is 6. The van der Waals surface area contributed by atoms with Crippen LogP contribution in [0.3, 0.4) is 0 Å². The Labute approximate surface area is 347 Å². The van der Waals surface area contributed by atoms with Gasteiger partial charge in [0.1, 0.15) is 29.7 Å². The van der Waals surface area contributed by atoms with Gasteiger partial charge < -0.3 is 24.2 Å². The lowest BCUT2D eigenvalue weighted by Gasteiger charge is -2.40. The number of rotatable bonds is 8. The van der Waals surface area contributed by atoms with E-state index in [9.17, 15) is 24.0 Å². The van der Waals surface area contributed by atoms with Crippen molar-refractivity contribution >= 4 is 52.7 Å². The summed E-state index contributed by atoms with van der Waals surface area (Å²) < 4.78 is 12.1. The fraction of sp³-hybridized carbons (Fsp3) is 0.455. The molecule has 3 aromatic rings. The number of nitriles is 1. The number of imide groups is 2. The van der Waals surface area contributed by atoms with E-state index in [4.69, 9.17) is 26.3 Å². The van der Waals surface area contributed by atoms with Crippen LogP contribution in [0.25, 0.3) is 0 Å². The number of fused-ring (bicyclic) bond motifs is 3. The first-order chi connectivity index (χ1) is 28.6. The first-order valence-corrected chi connectivity index (χ1v) is 21.0. The van der Waals surface area contributed by atoms with Crippen LogP contribution in [-0.4, -0.2) is 114 Å². The normalized spacial score (nSPS) is 24.9. The van der Waals surface area contributed by atoms with E-state index in [2.05, 4.69) is 26.1 Å². The molecule has 5 amide bonds. The topological polar surface area (TPSA) is 156 Å². The molecule has 3 atom stereocenters. The van der Waals surface area contributed by atoms with E-state index in [1.165, 1.54) is 0 Å². The monoisotopic (exact) mass is 819 g/mol. The van der Waals surface area contributed by atoms with Crippen LogP contribution in [-0.2, 0) is 9.59 Å². The molecule has 5 fully saturated rings. The highest BCUT2D eigenvalue weighted by molar-refractivity contribution is 6.31. The van der Waals surface area contributed by atoms with Crippen molar-refractivity contribution in [3.63, 3.8) is 0 Å². The SMILES string of the molecule is N#Cc1ccc(OC2CC3CCC(C2)N3C(=O)Oc2ccc(N3CCN(CC4CCN(c5ccc6c(c5)C(=O)N(C5CCC(=O)NC5=O)C6=O)CC4)CC3)cc2)cc1Cl. The van der Waals surface area contributed by atoms with Gasteiger partial charge in [-0.2, -0.15) is 5.26 Å². The minimum absolute atomic E-state index is 0.0393. The van der Waals surface area contributed by atoms with Gasteiger partial charge in [-0.05, 0) is 92.6 Å². The second-order valence-electron chi connectivity index (χ2n) is 16.5. The van der Waals surface area contributed by atoms with Crippen molar-refractivity contribution in [1.29, 1.82) is 5.26 Å². The number of halogens is 1. The molecule has 14 nitrogen and oxygen atoms in total. The summed E-state index contributed by atoms with van der Waals surface area (Å²) in [4.78, 5) is 74.0. The van der Waals surface area contributed by atoms with Crippen molar-refractivity contribution < 1.29 is 33.4 Å². The third-order valence-corrected chi connectivity index (χ3v) is 13.3. The Balaban J connectivity index is 0.713. The molecule has 15 heteroatoms. The van der Waals surface area contributed by atoms with Gasteiger partial charge in [-0.25, -0.2) is 4.79 Å². The number of anilines is 2. The van der Waals surface area contributed by atoms with Crippen molar-refractivity contribution in [1.82, 2.24) is 20.0 Å². The molecule has 2 bridgehead atoms. The van der Waals surface area contributed by atoms with Crippen molar-refractivity contribution in [2.75, 3.05) is 55.6 Å². The highest BCUT2D eigenvalue weighted by atomic mass is 35.5. The number of carbonyl (C=O) groups excluding carboxylic acids is 5. The van der Waals surface area contributed by atoms with Gasteiger partial charge in [0, 0.05) is 94.6 Å². The fourth-order valence-electron chi connectivity index (χ4n) is 9.84. The zero-order valence-corrected chi connectivity index (χ0v) is 33.4. The Morgan fingerprint density at radius 2 is 1.42 bits per heavy atom. The number of carbonyl (C=O) groups is 5. The molecule has 0 spiro atoms. The number of benzene rings is 3. The van der Waals surface area contributed by atoms with E-state index < -0.39 is 29.7 Å². The predicted octanol–water partition coefficient (Wildman–Crippen LogP) is 5.22. The van der Waals surface area contributed by atoms with E-state index in [0.29, 0.717) is 52.0 Å². The third kappa shape index (κ3) is 7.81. The van der Waals surface area contributed by atoms with Gasteiger partial charge in [-0.15, -0.1) is 0 Å². The molecule has 59 heavy (non-hydrogen) atoms. The maximum Gasteiger partial charge on any atom is 0.415 e. The molecule has 0 saturated carbocycles. The van der Waals surface area contributed by atoms with Crippen molar-refractivity contribution in [3.05, 3.63) is 82.4 Å². The zero-order chi connectivity index (χ0) is 40.8. The van der Waals surface area contributed by atoms with Crippen LogP contribution in [0.15, 0.2) is 60.7 Å². The molecular formula is C44H46ClN7O7. The molecule has 3 unspecified atom stereocenters. The second-order valence-corrected chi connectivity index (χ2v) is 16.9. The summed E-state index contributed by atoms with van der Waals surface area (Å²) in [6.45, 7) is 6.47. The Morgan fingerprint density at radius 3 is 2.10 bits per heavy atom. The molecule has 6 heterocycles. The lowest BCUT2D eigenvalue weighted by atomic mass is 9.95. The molecule has 0 radical (unpaired) electrons. The molecular weight excluding hydrogens is 774 g/mol. The van der Waals surface area contributed by atoms with Crippen LogP contribution in [0.1, 0.15) is 77.6 Å². The Kier molecular flexibility index (Phi) is 10.7. The summed E-state index contributed by atoms with van der Waals surface area (Å²) in [6.07, 6.45) is 5.17. The summed E-state index contributed by atoms with van der Waals surface area (Å²) in [5, 5.41) is 11.8. The fourth-order valence-corrected chi connectivity index (χ4v) is 10.0. The Bertz CT molecular complexity index is 2200. The van der Waals surface area contributed by atoms with Gasteiger partial charge in [0.05, 0.1) is 21.7 Å². The maximum atomic E-state index is 13.4. The number of amides is 5. The summed E-state index contributed by atoms with van der Waals surface area (Å²) in [5.74, 6) is -0.247. The number of nitrogens with one attached hydrogen (secondary N) is 1. The lowest BCUT2D eigenvalue weighted by molar-refractivity contribution is -0.136. The smallest absolute Gasteiger partial charge is 0.415 e. The minimum atomic E-state index is -0.972. The van der Waals surface area contributed by atoms with Gasteiger partial charge >= 0.3 is 6.09 Å². The highest BCUT2D eigenvalue weighted by Crippen LogP contribution is 2.39. The average molecular weight is 820 g/mol. The molecule has 0 aromatic heterocycles. The van der Waals surface area contributed by atoms with Crippen LogP contribution in [0.2, 0.25) is 5.02 Å². The molecule has 6 aliphatic rings. The van der Waals surface area contributed by atoms with E-state index >= 15 is 0 Å². The van der Waals surface area contributed by atoms with Gasteiger partial charge in [-0.3, -0.25) is 34.3 Å². The first-order valence-electron chi connectivity index (χ1n) is 20.7. The van der Waals surface area contributed by atoms with E-state index in [1.54, 1.807) is 30.3 Å². The minimum Gasteiger partial charge on any atom is -0.490 e. The molecule has 5 saturated heterocycles. The van der Waals surface area contributed by atoms with Crippen molar-refractivity contribution in [2.45, 2.75) is 75.6 Å². The standard InChI is InChI=1S/C44H46ClN7O7/c45-38-24-34(7-1-28(38)25-46)58-35-21-31-2-3-32(22-35)51(31)44(57)59-33-8-4-29(5-9-33)50-19-17-48(18-20-50)26-27-13-15-49(16-14-27)30-6-10-36-37(23-30)43(56)52(42(36)55)39-11-12-40(53)47-41(39)54/h1,4-10,23-24,27,31-32,35,39H,2-3,11-22,26H2,(H,47,53,54). The van der Waals surface area contributed by atoms with Gasteiger partial charge in [0.15, 0.2) is 0 Å². The molecule has 306 valence electrons. The largest absolute Gasteiger partial charge is 0.490 e. The number of hydrogen-bond acceptors (Lipinski definition) is 11. The average Bonchev–Trinajstić information content (AvgIpc) is 3.65. The zero-order valence-electron chi connectivity index (χ0n) is 32.7. The molecule has 1 N–H and O–H groups in total. The molecule has 3 aromatic carbocycles. The number of piperidine rings is 3. The summed E-state index contributed by atoms with van der Waals surface area (Å²) in [6, 6.07) is 19.5. The van der Waals surface area contributed by atoms with Gasteiger partial charge in [-0.1, -0.05) is 11.6 Å². The Morgan fingerprint density at radius 1 is 0.763 bits per heavy atom.